The minimum absolute atomic E-state index is 0.0254. The molecule has 2 saturated heterocycles. The molecule has 47 heavy (non-hydrogen) atoms. The lowest BCUT2D eigenvalue weighted by atomic mass is 9.84. The van der Waals surface area contributed by atoms with Crippen LogP contribution >= 0.6 is 11.6 Å². The number of hydrogen-bond acceptors (Lipinski definition) is 9. The van der Waals surface area contributed by atoms with Crippen molar-refractivity contribution in [1.29, 1.82) is 0 Å². The molecule has 0 aliphatic carbocycles. The number of rotatable bonds is 8. The van der Waals surface area contributed by atoms with Crippen LogP contribution in [-0.2, 0) is 36.5 Å². The van der Waals surface area contributed by atoms with Crippen molar-refractivity contribution in [3.63, 3.8) is 0 Å². The van der Waals surface area contributed by atoms with Crippen LogP contribution in [0, 0.1) is 0 Å². The summed E-state index contributed by atoms with van der Waals surface area (Å²) in [6.07, 6.45) is 1.42. The quantitative estimate of drug-likeness (QED) is 0.343. The maximum atomic E-state index is 15.0. The monoisotopic (exact) mass is 682 g/mol. The molecule has 0 N–H and O–H groups in total. The number of nitrogens with zero attached hydrogens (tertiary/aromatic N) is 4. The summed E-state index contributed by atoms with van der Waals surface area (Å²) in [5.74, 6) is -0.907. The predicted molar refractivity (Wildman–Crippen MR) is 177 cm³/mol. The number of piperidine rings is 1. The van der Waals surface area contributed by atoms with E-state index in [1.54, 1.807) is 41.3 Å². The molecule has 0 spiro atoms. The maximum absolute atomic E-state index is 15.0. The lowest BCUT2D eigenvalue weighted by molar-refractivity contribution is -0.132. The van der Waals surface area contributed by atoms with E-state index in [2.05, 4.69) is 16.8 Å². The summed E-state index contributed by atoms with van der Waals surface area (Å²) in [7, 11) is 0.420. The Bertz CT molecular complexity index is 1760. The summed E-state index contributed by atoms with van der Waals surface area (Å²) in [5, 5.41) is 0.240. The molecular formula is C34H39ClN4O7S. The molecular weight excluding hydrogens is 644 g/mol. The van der Waals surface area contributed by atoms with E-state index < -0.39 is 27.6 Å². The number of benzene rings is 3. The fourth-order valence-electron chi connectivity index (χ4n) is 6.89. The molecule has 1 atom stereocenters. The van der Waals surface area contributed by atoms with Gasteiger partial charge in [0.25, 0.3) is 15.9 Å². The van der Waals surface area contributed by atoms with Gasteiger partial charge in [0, 0.05) is 55.5 Å². The lowest BCUT2D eigenvalue weighted by Gasteiger charge is -2.42. The Balaban J connectivity index is 1.42. The zero-order valence-corrected chi connectivity index (χ0v) is 28.3. The highest BCUT2D eigenvalue weighted by molar-refractivity contribution is 7.93. The van der Waals surface area contributed by atoms with Gasteiger partial charge in [0.15, 0.2) is 0 Å². The first-order valence-electron chi connectivity index (χ1n) is 15.6. The fourth-order valence-corrected chi connectivity index (χ4v) is 8.68. The van der Waals surface area contributed by atoms with Crippen LogP contribution in [0.3, 0.4) is 0 Å². The molecule has 0 radical (unpaired) electrons. The number of likely N-dealkylation sites (tertiary alicyclic amines) is 1. The Labute approximate surface area is 280 Å². The molecule has 13 heteroatoms. The van der Waals surface area contributed by atoms with Gasteiger partial charge in [0.05, 0.1) is 19.4 Å². The molecule has 3 aromatic rings. The third-order valence-electron chi connectivity index (χ3n) is 9.34. The van der Waals surface area contributed by atoms with Gasteiger partial charge in [-0.2, -0.15) is 4.31 Å². The second kappa shape index (κ2) is 13.4. The summed E-state index contributed by atoms with van der Waals surface area (Å²) in [6, 6.07) is 17.8. The van der Waals surface area contributed by atoms with Crippen molar-refractivity contribution < 1.29 is 32.2 Å². The topological polar surface area (TPSA) is 109 Å². The standard InChI is InChI=1S/C34H39ClN4O7S/c1-36-16-14-26(15-17-36)37-18-20-38(21-19-37)33(41)46-34(27-9-5-4-8-24(27)23-44-2)28-22-25(35)12-13-29(28)39(32(34)40)47(42,43)31-11-7-6-10-30(31)45-3/h4-13,22,26H,14-21,23H2,1-3H3. The molecule has 3 aliphatic heterocycles. The molecule has 250 valence electrons. The zero-order valence-electron chi connectivity index (χ0n) is 26.7. The van der Waals surface area contributed by atoms with Crippen LogP contribution in [0.15, 0.2) is 71.6 Å². The van der Waals surface area contributed by atoms with Crippen molar-refractivity contribution in [3.8, 4) is 5.75 Å². The van der Waals surface area contributed by atoms with E-state index in [0.29, 0.717) is 42.1 Å². The summed E-state index contributed by atoms with van der Waals surface area (Å²) in [4.78, 5) is 35.3. The van der Waals surface area contributed by atoms with Gasteiger partial charge in [-0.25, -0.2) is 13.2 Å². The van der Waals surface area contributed by atoms with Crippen LogP contribution in [0.25, 0.3) is 0 Å². The summed E-state index contributed by atoms with van der Waals surface area (Å²) < 4.78 is 46.7. The van der Waals surface area contributed by atoms with E-state index in [-0.39, 0.29) is 39.1 Å². The molecule has 3 heterocycles. The van der Waals surface area contributed by atoms with Crippen molar-refractivity contribution in [2.24, 2.45) is 0 Å². The lowest BCUT2D eigenvalue weighted by Crippen LogP contribution is -2.55. The smallest absolute Gasteiger partial charge is 0.411 e. The second-order valence-corrected chi connectivity index (χ2v) is 14.3. The van der Waals surface area contributed by atoms with Gasteiger partial charge in [-0.3, -0.25) is 9.69 Å². The first-order chi connectivity index (χ1) is 22.6. The van der Waals surface area contributed by atoms with Crippen LogP contribution < -0.4 is 9.04 Å². The van der Waals surface area contributed by atoms with Crippen molar-refractivity contribution >= 4 is 39.3 Å². The molecule has 2 amide bonds. The number of ether oxygens (including phenoxy) is 3. The number of methoxy groups -OCH3 is 2. The predicted octanol–water partition coefficient (Wildman–Crippen LogP) is 4.32. The van der Waals surface area contributed by atoms with Crippen molar-refractivity contribution in [3.05, 3.63) is 88.4 Å². The number of halogens is 1. The fraction of sp³-hybridized carbons (Fsp3) is 0.412. The van der Waals surface area contributed by atoms with E-state index in [4.69, 9.17) is 25.8 Å². The van der Waals surface area contributed by atoms with Crippen LogP contribution in [0.4, 0.5) is 10.5 Å². The number of sulfonamides is 1. The summed E-state index contributed by atoms with van der Waals surface area (Å²) >= 11 is 6.51. The third-order valence-corrected chi connectivity index (χ3v) is 11.3. The van der Waals surface area contributed by atoms with Gasteiger partial charge in [-0.15, -0.1) is 0 Å². The van der Waals surface area contributed by atoms with Crippen LogP contribution in [0.5, 0.6) is 5.75 Å². The van der Waals surface area contributed by atoms with E-state index in [0.717, 1.165) is 25.9 Å². The van der Waals surface area contributed by atoms with Gasteiger partial charge >= 0.3 is 6.09 Å². The Hall–Kier alpha value is -3.68. The maximum Gasteiger partial charge on any atom is 0.411 e. The van der Waals surface area contributed by atoms with Crippen LogP contribution in [0.1, 0.15) is 29.5 Å². The largest absolute Gasteiger partial charge is 0.495 e. The van der Waals surface area contributed by atoms with E-state index in [1.165, 1.54) is 44.6 Å². The van der Waals surface area contributed by atoms with Crippen molar-refractivity contribution in [1.82, 2.24) is 14.7 Å². The Kier molecular flexibility index (Phi) is 9.50. The minimum atomic E-state index is -4.58. The summed E-state index contributed by atoms with van der Waals surface area (Å²) in [5.41, 5.74) is -1.20. The number of amides is 2. The zero-order chi connectivity index (χ0) is 33.3. The molecule has 2 fully saturated rings. The third kappa shape index (κ3) is 5.97. The van der Waals surface area contributed by atoms with E-state index in [9.17, 15) is 18.0 Å². The first-order valence-corrected chi connectivity index (χ1v) is 17.4. The molecule has 0 aromatic heterocycles. The highest BCUT2D eigenvalue weighted by atomic mass is 35.5. The highest BCUT2D eigenvalue weighted by Gasteiger charge is 2.60. The number of para-hydroxylation sites is 1. The van der Waals surface area contributed by atoms with Gasteiger partial charge in [-0.05, 0) is 68.9 Å². The molecule has 1 unspecified atom stereocenters. The normalized spacial score (nSPS) is 21.1. The van der Waals surface area contributed by atoms with E-state index >= 15 is 0 Å². The van der Waals surface area contributed by atoms with Crippen LogP contribution in [-0.4, -0.2) is 102 Å². The molecule has 0 bridgehead atoms. The molecule has 3 aliphatic rings. The molecule has 11 nitrogen and oxygen atoms in total. The Morgan fingerprint density at radius 2 is 1.60 bits per heavy atom. The molecule has 3 aromatic carbocycles. The average Bonchev–Trinajstić information content (AvgIpc) is 3.33. The van der Waals surface area contributed by atoms with Gasteiger partial charge in [-0.1, -0.05) is 48.0 Å². The number of fused-ring (bicyclic) bond motifs is 1. The molecule has 0 saturated carbocycles. The highest BCUT2D eigenvalue weighted by Crippen LogP contribution is 2.51. The van der Waals surface area contributed by atoms with Gasteiger partial charge < -0.3 is 24.0 Å². The minimum Gasteiger partial charge on any atom is -0.495 e. The Morgan fingerprint density at radius 3 is 2.30 bits per heavy atom. The van der Waals surface area contributed by atoms with Crippen LogP contribution in [0.2, 0.25) is 5.02 Å². The van der Waals surface area contributed by atoms with E-state index in [1.807, 2.05) is 0 Å². The molecule has 6 rings (SSSR count). The number of anilines is 1. The van der Waals surface area contributed by atoms with Gasteiger partial charge in [0.2, 0.25) is 5.60 Å². The Morgan fingerprint density at radius 1 is 0.915 bits per heavy atom. The number of piperazine rings is 1. The van der Waals surface area contributed by atoms with Crippen molar-refractivity contribution in [2.45, 2.75) is 36.0 Å². The van der Waals surface area contributed by atoms with Crippen molar-refractivity contribution in [2.75, 3.05) is 64.8 Å². The number of carbonyl (C=O) groups is 2. The summed E-state index contributed by atoms with van der Waals surface area (Å²) in [6.45, 7) is 4.29. The number of carbonyl (C=O) groups excluding carboxylic acids is 2. The SMILES string of the molecule is COCc1ccccc1C1(OC(=O)N2CCN(C3CCN(C)CC3)CC2)C(=O)N(S(=O)(=O)c2ccccc2OC)c2ccc(Cl)cc21. The second-order valence-electron chi connectivity index (χ2n) is 12.1. The average molecular weight is 683 g/mol. The first kappa shape index (κ1) is 33.2. The number of hydrogen-bond donors (Lipinski definition) is 0. The van der Waals surface area contributed by atoms with Gasteiger partial charge in [0.1, 0.15) is 10.6 Å².